The summed E-state index contributed by atoms with van der Waals surface area (Å²) >= 11 is 0. The lowest BCUT2D eigenvalue weighted by Gasteiger charge is -2.32. The van der Waals surface area contributed by atoms with Crippen LogP contribution in [-0.4, -0.2) is 12.5 Å². The molecule has 3 nitrogen and oxygen atoms in total. The van der Waals surface area contributed by atoms with Crippen LogP contribution in [0.2, 0.25) is 0 Å². The average Bonchev–Trinajstić information content (AvgIpc) is 3.12. The molecule has 1 aliphatic carbocycles. The van der Waals surface area contributed by atoms with Crippen LogP contribution in [0.5, 0.6) is 0 Å². The second-order valence-corrected chi connectivity index (χ2v) is 8.62. The molecule has 0 aromatic heterocycles. The predicted octanol–water partition coefficient (Wildman–Crippen LogP) is 5.38. The summed E-state index contributed by atoms with van der Waals surface area (Å²) in [6.45, 7) is 8.33. The van der Waals surface area contributed by atoms with Crippen LogP contribution < -0.4 is 10.2 Å². The number of hydrogen-bond acceptors (Lipinski definition) is 2. The fourth-order valence-corrected chi connectivity index (χ4v) is 4.68. The largest absolute Gasteiger partial charge is 0.367 e. The zero-order valence-electron chi connectivity index (χ0n) is 16.8. The second kappa shape index (κ2) is 7.03. The van der Waals surface area contributed by atoms with Crippen molar-refractivity contribution >= 4 is 17.3 Å². The molecule has 1 saturated carbocycles. The van der Waals surface area contributed by atoms with Crippen LogP contribution in [0.1, 0.15) is 54.9 Å². The average molecular weight is 363 g/mol. The normalized spacial score (nSPS) is 18.3. The van der Waals surface area contributed by atoms with E-state index in [9.17, 15) is 4.79 Å². The standard InChI is InChI=1S/C24H30N2O/c1-17-14-21(26-13-10-19-8-4-5-9-20(19)16-26)15-18(2)22(17)25-23(27)24(3)11-6-7-12-24/h4-5,8-9,14-15H,6-7,10-13,16H2,1-3H3,(H,25,27). The van der Waals surface area contributed by atoms with Gasteiger partial charge in [0.1, 0.15) is 0 Å². The Labute approximate surface area is 162 Å². The van der Waals surface area contributed by atoms with Crippen LogP contribution in [0.3, 0.4) is 0 Å². The molecule has 2 aromatic rings. The van der Waals surface area contributed by atoms with Gasteiger partial charge in [0.2, 0.25) is 5.91 Å². The van der Waals surface area contributed by atoms with E-state index in [4.69, 9.17) is 0 Å². The van der Waals surface area contributed by atoms with Gasteiger partial charge in [-0.25, -0.2) is 0 Å². The summed E-state index contributed by atoms with van der Waals surface area (Å²) < 4.78 is 0. The number of rotatable bonds is 3. The number of aryl methyl sites for hydroxylation is 2. The van der Waals surface area contributed by atoms with Crippen molar-refractivity contribution in [3.63, 3.8) is 0 Å². The van der Waals surface area contributed by atoms with E-state index in [0.717, 1.165) is 62.0 Å². The SMILES string of the molecule is Cc1cc(N2CCc3ccccc3C2)cc(C)c1NC(=O)C1(C)CCCC1. The predicted molar refractivity (Wildman–Crippen MR) is 112 cm³/mol. The lowest BCUT2D eigenvalue weighted by Crippen LogP contribution is -2.32. The van der Waals surface area contributed by atoms with E-state index in [0.29, 0.717) is 0 Å². The van der Waals surface area contributed by atoms with Gasteiger partial charge in [0, 0.05) is 29.9 Å². The summed E-state index contributed by atoms with van der Waals surface area (Å²) in [5.74, 6) is 0.186. The van der Waals surface area contributed by atoms with Gasteiger partial charge >= 0.3 is 0 Å². The minimum atomic E-state index is -0.200. The summed E-state index contributed by atoms with van der Waals surface area (Å²) in [5.41, 5.74) is 7.24. The Morgan fingerprint density at radius 3 is 2.33 bits per heavy atom. The monoisotopic (exact) mass is 362 g/mol. The molecular weight excluding hydrogens is 332 g/mol. The highest BCUT2D eigenvalue weighted by Gasteiger charge is 2.36. The van der Waals surface area contributed by atoms with Crippen molar-refractivity contribution in [2.24, 2.45) is 5.41 Å². The van der Waals surface area contributed by atoms with Gasteiger partial charge in [-0.05, 0) is 67.5 Å². The molecule has 0 saturated heterocycles. The van der Waals surface area contributed by atoms with Crippen LogP contribution in [0.25, 0.3) is 0 Å². The van der Waals surface area contributed by atoms with Crippen molar-refractivity contribution in [1.29, 1.82) is 0 Å². The molecule has 0 radical (unpaired) electrons. The minimum absolute atomic E-state index is 0.186. The van der Waals surface area contributed by atoms with Crippen LogP contribution >= 0.6 is 0 Å². The summed E-state index contributed by atoms with van der Waals surface area (Å²) in [4.78, 5) is 15.3. The third-order valence-electron chi connectivity index (χ3n) is 6.51. The fourth-order valence-electron chi connectivity index (χ4n) is 4.68. The molecular formula is C24H30N2O. The molecule has 27 heavy (non-hydrogen) atoms. The molecule has 1 aliphatic heterocycles. The van der Waals surface area contributed by atoms with Crippen molar-refractivity contribution in [2.75, 3.05) is 16.8 Å². The quantitative estimate of drug-likeness (QED) is 0.794. The van der Waals surface area contributed by atoms with Gasteiger partial charge in [-0.1, -0.05) is 44.0 Å². The lowest BCUT2D eigenvalue weighted by atomic mass is 9.87. The molecule has 1 N–H and O–H groups in total. The van der Waals surface area contributed by atoms with E-state index < -0.39 is 0 Å². The molecule has 1 amide bonds. The number of amides is 1. The first-order valence-corrected chi connectivity index (χ1v) is 10.2. The Morgan fingerprint density at radius 1 is 1.04 bits per heavy atom. The Kier molecular flexibility index (Phi) is 4.71. The Bertz CT molecular complexity index is 841. The molecule has 2 aliphatic rings. The minimum Gasteiger partial charge on any atom is -0.367 e. The zero-order chi connectivity index (χ0) is 19.0. The van der Waals surface area contributed by atoms with Crippen molar-refractivity contribution in [3.05, 3.63) is 58.7 Å². The molecule has 0 bridgehead atoms. The van der Waals surface area contributed by atoms with Crippen LogP contribution in [-0.2, 0) is 17.8 Å². The van der Waals surface area contributed by atoms with Gasteiger partial charge in [0.05, 0.1) is 0 Å². The van der Waals surface area contributed by atoms with Crippen molar-refractivity contribution in [2.45, 2.75) is 59.4 Å². The first-order valence-electron chi connectivity index (χ1n) is 10.2. The first kappa shape index (κ1) is 18.1. The maximum absolute atomic E-state index is 12.8. The van der Waals surface area contributed by atoms with Crippen molar-refractivity contribution in [1.82, 2.24) is 0 Å². The van der Waals surface area contributed by atoms with E-state index in [1.165, 1.54) is 16.8 Å². The van der Waals surface area contributed by atoms with E-state index in [-0.39, 0.29) is 11.3 Å². The second-order valence-electron chi connectivity index (χ2n) is 8.62. The smallest absolute Gasteiger partial charge is 0.230 e. The Hall–Kier alpha value is -2.29. The molecule has 142 valence electrons. The maximum Gasteiger partial charge on any atom is 0.230 e. The topological polar surface area (TPSA) is 32.3 Å². The molecule has 0 atom stereocenters. The molecule has 1 heterocycles. The number of carbonyl (C=O) groups is 1. The molecule has 4 rings (SSSR count). The van der Waals surface area contributed by atoms with Crippen LogP contribution in [0.15, 0.2) is 36.4 Å². The molecule has 3 heteroatoms. The lowest BCUT2D eigenvalue weighted by molar-refractivity contribution is -0.124. The van der Waals surface area contributed by atoms with E-state index in [1.54, 1.807) is 0 Å². The van der Waals surface area contributed by atoms with Gasteiger partial charge in [-0.15, -0.1) is 0 Å². The van der Waals surface area contributed by atoms with Crippen LogP contribution in [0.4, 0.5) is 11.4 Å². The third kappa shape index (κ3) is 3.47. The molecule has 2 aromatic carbocycles. The number of benzene rings is 2. The van der Waals surface area contributed by atoms with E-state index >= 15 is 0 Å². The van der Waals surface area contributed by atoms with E-state index in [2.05, 4.69) is 67.4 Å². The summed E-state index contributed by atoms with van der Waals surface area (Å²) in [6, 6.07) is 13.2. The van der Waals surface area contributed by atoms with Gasteiger partial charge in [0.15, 0.2) is 0 Å². The summed E-state index contributed by atoms with van der Waals surface area (Å²) in [5, 5.41) is 3.25. The highest BCUT2D eigenvalue weighted by atomic mass is 16.2. The molecule has 0 spiro atoms. The maximum atomic E-state index is 12.8. The van der Waals surface area contributed by atoms with Crippen molar-refractivity contribution in [3.8, 4) is 0 Å². The first-order chi connectivity index (χ1) is 13.0. The number of nitrogens with zero attached hydrogens (tertiary/aromatic N) is 1. The zero-order valence-corrected chi connectivity index (χ0v) is 16.8. The number of nitrogens with one attached hydrogen (secondary N) is 1. The van der Waals surface area contributed by atoms with E-state index in [1.807, 2.05) is 0 Å². The fraction of sp³-hybridized carbons (Fsp3) is 0.458. The third-order valence-corrected chi connectivity index (χ3v) is 6.51. The van der Waals surface area contributed by atoms with Gasteiger partial charge in [0.25, 0.3) is 0 Å². The number of anilines is 2. The van der Waals surface area contributed by atoms with Gasteiger partial charge < -0.3 is 10.2 Å². The number of fused-ring (bicyclic) bond motifs is 1. The molecule has 0 unspecified atom stereocenters. The van der Waals surface area contributed by atoms with Gasteiger partial charge in [-0.2, -0.15) is 0 Å². The summed E-state index contributed by atoms with van der Waals surface area (Å²) in [6.07, 6.45) is 5.42. The Morgan fingerprint density at radius 2 is 1.67 bits per heavy atom. The molecule has 1 fully saturated rings. The highest BCUT2D eigenvalue weighted by Crippen LogP contribution is 2.39. The number of carbonyl (C=O) groups excluding carboxylic acids is 1. The van der Waals surface area contributed by atoms with Gasteiger partial charge in [-0.3, -0.25) is 4.79 Å². The number of hydrogen-bond donors (Lipinski definition) is 1. The Balaban J connectivity index is 1.55. The van der Waals surface area contributed by atoms with Crippen molar-refractivity contribution < 1.29 is 4.79 Å². The van der Waals surface area contributed by atoms with Crippen LogP contribution in [0, 0.1) is 19.3 Å². The highest BCUT2D eigenvalue weighted by molar-refractivity contribution is 5.96. The summed E-state index contributed by atoms with van der Waals surface area (Å²) in [7, 11) is 0.